The van der Waals surface area contributed by atoms with Gasteiger partial charge in [0.15, 0.2) is 4.91 Å². The smallest absolute Gasteiger partial charge is 0.351 e. The monoisotopic (exact) mass is 363 g/mol. The van der Waals surface area contributed by atoms with E-state index in [2.05, 4.69) is 4.74 Å². The Labute approximate surface area is 144 Å². The second-order valence-corrected chi connectivity index (χ2v) is 7.06. The Balaban J connectivity index is 2.29. The second kappa shape index (κ2) is 6.21. The molecule has 1 heterocycles. The lowest BCUT2D eigenvalue weighted by Gasteiger charge is -2.28. The first-order chi connectivity index (χ1) is 11.9. The molecule has 1 aliphatic heterocycles. The molecule has 0 fully saturated rings. The Morgan fingerprint density at radius 3 is 2.56 bits per heavy atom. The standard InChI is InChI=1S/C17H14FNO5S/c1-23-13-5-3-4-12(9-13)19-10-16(17(20)24-2)25(21,22)15-7-6-11(18)8-14(15)19/h3-10H,1-2H3. The van der Waals surface area contributed by atoms with Crippen LogP contribution in [0.3, 0.4) is 0 Å². The van der Waals surface area contributed by atoms with E-state index in [4.69, 9.17) is 4.74 Å². The average molecular weight is 363 g/mol. The quantitative estimate of drug-likeness (QED) is 0.617. The minimum absolute atomic E-state index is 0.0981. The Bertz CT molecular complexity index is 984. The lowest BCUT2D eigenvalue weighted by Crippen LogP contribution is -2.26. The van der Waals surface area contributed by atoms with Crippen LogP contribution in [0, 0.1) is 5.82 Å². The fraction of sp³-hybridized carbons (Fsp3) is 0.118. The fourth-order valence-electron chi connectivity index (χ4n) is 2.52. The molecule has 1 aliphatic rings. The van der Waals surface area contributed by atoms with Gasteiger partial charge in [-0.1, -0.05) is 6.07 Å². The van der Waals surface area contributed by atoms with Gasteiger partial charge in [-0.05, 0) is 30.3 Å². The number of hydrogen-bond donors (Lipinski definition) is 0. The van der Waals surface area contributed by atoms with Crippen LogP contribution in [0.5, 0.6) is 5.75 Å². The fourth-order valence-corrected chi connectivity index (χ4v) is 3.98. The lowest BCUT2D eigenvalue weighted by atomic mass is 10.2. The normalized spacial score (nSPS) is 15.2. The van der Waals surface area contributed by atoms with Gasteiger partial charge in [0.1, 0.15) is 11.6 Å². The maximum absolute atomic E-state index is 13.7. The van der Waals surface area contributed by atoms with Crippen LogP contribution in [-0.4, -0.2) is 28.6 Å². The Kier molecular flexibility index (Phi) is 4.22. The highest BCUT2D eigenvalue weighted by Gasteiger charge is 2.36. The minimum atomic E-state index is -4.12. The molecule has 0 spiro atoms. The molecular weight excluding hydrogens is 349 g/mol. The van der Waals surface area contributed by atoms with E-state index in [1.165, 1.54) is 12.0 Å². The van der Waals surface area contributed by atoms with Gasteiger partial charge in [-0.15, -0.1) is 0 Å². The predicted octanol–water partition coefficient (Wildman–Crippen LogP) is 2.77. The number of sulfone groups is 1. The van der Waals surface area contributed by atoms with Gasteiger partial charge in [-0.25, -0.2) is 17.6 Å². The van der Waals surface area contributed by atoms with Gasteiger partial charge in [0, 0.05) is 18.0 Å². The largest absolute Gasteiger partial charge is 0.497 e. The third-order valence-electron chi connectivity index (χ3n) is 3.72. The van der Waals surface area contributed by atoms with E-state index in [-0.39, 0.29) is 10.6 Å². The number of carbonyl (C=O) groups is 1. The molecule has 0 radical (unpaired) electrons. The molecule has 0 unspecified atom stereocenters. The predicted molar refractivity (Wildman–Crippen MR) is 88.8 cm³/mol. The van der Waals surface area contributed by atoms with E-state index >= 15 is 0 Å². The summed E-state index contributed by atoms with van der Waals surface area (Å²) in [6, 6.07) is 9.97. The van der Waals surface area contributed by atoms with E-state index in [1.807, 2.05) is 0 Å². The summed E-state index contributed by atoms with van der Waals surface area (Å²) in [5, 5.41) is 0. The number of benzene rings is 2. The molecular formula is C17H14FNO5S. The van der Waals surface area contributed by atoms with Crippen molar-refractivity contribution < 1.29 is 27.1 Å². The Morgan fingerprint density at radius 1 is 1.12 bits per heavy atom. The van der Waals surface area contributed by atoms with Crippen LogP contribution >= 0.6 is 0 Å². The first kappa shape index (κ1) is 17.0. The van der Waals surface area contributed by atoms with Crippen LogP contribution in [0.2, 0.25) is 0 Å². The number of halogens is 1. The molecule has 0 aliphatic carbocycles. The number of methoxy groups -OCH3 is 2. The molecule has 6 nitrogen and oxygen atoms in total. The van der Waals surface area contributed by atoms with Crippen LogP contribution < -0.4 is 9.64 Å². The van der Waals surface area contributed by atoms with Crippen molar-refractivity contribution in [3.05, 3.63) is 59.4 Å². The maximum atomic E-state index is 13.7. The molecule has 0 saturated heterocycles. The molecule has 0 saturated carbocycles. The second-order valence-electron chi connectivity index (χ2n) is 5.17. The first-order valence-corrected chi connectivity index (χ1v) is 8.65. The summed E-state index contributed by atoms with van der Waals surface area (Å²) in [6.45, 7) is 0. The molecule has 0 aromatic heterocycles. The minimum Gasteiger partial charge on any atom is -0.497 e. The molecule has 0 atom stereocenters. The van der Waals surface area contributed by atoms with Crippen LogP contribution in [0.1, 0.15) is 0 Å². The molecule has 8 heteroatoms. The van der Waals surface area contributed by atoms with Crippen molar-refractivity contribution in [3.8, 4) is 5.75 Å². The molecule has 3 rings (SSSR count). The molecule has 0 amide bonds. The van der Waals surface area contributed by atoms with Crippen molar-refractivity contribution in [1.29, 1.82) is 0 Å². The van der Waals surface area contributed by atoms with Crippen LogP contribution in [-0.2, 0) is 19.4 Å². The molecule has 2 aromatic rings. The molecule has 130 valence electrons. The highest BCUT2D eigenvalue weighted by atomic mass is 32.2. The SMILES string of the molecule is COC(=O)C1=CN(c2cccc(OC)c2)c2cc(F)ccc2S1(=O)=O. The topological polar surface area (TPSA) is 72.9 Å². The number of hydrogen-bond acceptors (Lipinski definition) is 6. The van der Waals surface area contributed by atoms with E-state index < -0.39 is 26.5 Å². The molecule has 0 bridgehead atoms. The number of carbonyl (C=O) groups excluding carboxylic acids is 1. The number of nitrogens with zero attached hydrogens (tertiary/aromatic N) is 1. The number of fused-ring (bicyclic) bond motifs is 1. The van der Waals surface area contributed by atoms with Crippen LogP contribution in [0.25, 0.3) is 0 Å². The molecule has 0 N–H and O–H groups in total. The van der Waals surface area contributed by atoms with E-state index in [1.54, 1.807) is 24.3 Å². The van der Waals surface area contributed by atoms with Crippen LogP contribution in [0.15, 0.2) is 58.5 Å². The zero-order valence-corrected chi connectivity index (χ0v) is 14.2. The number of esters is 1. The van der Waals surface area contributed by atoms with Gasteiger partial charge >= 0.3 is 5.97 Å². The van der Waals surface area contributed by atoms with Gasteiger partial charge in [-0.2, -0.15) is 0 Å². The van der Waals surface area contributed by atoms with Crippen molar-refractivity contribution in [1.82, 2.24) is 0 Å². The summed E-state index contributed by atoms with van der Waals surface area (Å²) in [5.74, 6) is -1.07. The first-order valence-electron chi connectivity index (χ1n) is 7.16. The third kappa shape index (κ3) is 2.85. The summed E-state index contributed by atoms with van der Waals surface area (Å²) in [7, 11) is -1.54. The van der Waals surface area contributed by atoms with E-state index in [0.717, 1.165) is 31.5 Å². The van der Waals surface area contributed by atoms with Crippen molar-refractivity contribution >= 4 is 27.2 Å². The summed E-state index contributed by atoms with van der Waals surface area (Å²) < 4.78 is 48.8. The summed E-state index contributed by atoms with van der Waals surface area (Å²) in [5.41, 5.74) is 0.600. The van der Waals surface area contributed by atoms with Gasteiger partial charge in [0.05, 0.1) is 24.8 Å². The molecule has 2 aromatic carbocycles. The van der Waals surface area contributed by atoms with E-state index in [0.29, 0.717) is 11.4 Å². The van der Waals surface area contributed by atoms with Crippen LogP contribution in [0.4, 0.5) is 15.8 Å². The zero-order chi connectivity index (χ0) is 18.2. The third-order valence-corrected chi connectivity index (χ3v) is 5.50. The van der Waals surface area contributed by atoms with Gasteiger partial charge in [-0.3, -0.25) is 0 Å². The number of ether oxygens (including phenoxy) is 2. The number of rotatable bonds is 3. The van der Waals surface area contributed by atoms with E-state index in [9.17, 15) is 17.6 Å². The highest BCUT2D eigenvalue weighted by Crippen LogP contribution is 2.40. The summed E-state index contributed by atoms with van der Waals surface area (Å²) in [4.78, 5) is 12.7. The summed E-state index contributed by atoms with van der Waals surface area (Å²) in [6.07, 6.45) is 1.12. The zero-order valence-electron chi connectivity index (χ0n) is 13.4. The van der Waals surface area contributed by atoms with Crippen molar-refractivity contribution in [2.75, 3.05) is 19.1 Å². The van der Waals surface area contributed by atoms with Gasteiger partial charge in [0.2, 0.25) is 9.84 Å². The number of anilines is 2. The van der Waals surface area contributed by atoms with Gasteiger partial charge in [0.25, 0.3) is 0 Å². The summed E-state index contributed by atoms with van der Waals surface area (Å²) >= 11 is 0. The van der Waals surface area contributed by atoms with Gasteiger partial charge < -0.3 is 14.4 Å². The van der Waals surface area contributed by atoms with Crippen molar-refractivity contribution in [2.45, 2.75) is 4.90 Å². The average Bonchev–Trinajstić information content (AvgIpc) is 2.61. The van der Waals surface area contributed by atoms with Crippen molar-refractivity contribution in [2.24, 2.45) is 0 Å². The lowest BCUT2D eigenvalue weighted by molar-refractivity contribution is -0.135. The Morgan fingerprint density at radius 2 is 1.88 bits per heavy atom. The Hall–Kier alpha value is -2.87. The molecule has 25 heavy (non-hydrogen) atoms. The highest BCUT2D eigenvalue weighted by molar-refractivity contribution is 7.96. The maximum Gasteiger partial charge on any atom is 0.351 e. The van der Waals surface area contributed by atoms with Crippen molar-refractivity contribution in [3.63, 3.8) is 0 Å².